The molecule has 2 rings (SSSR count). The van der Waals surface area contributed by atoms with E-state index >= 15 is 0 Å². The lowest BCUT2D eigenvalue weighted by atomic mass is 9.77. The molecular weight excluding hydrogens is 200 g/mol. The van der Waals surface area contributed by atoms with E-state index in [4.69, 9.17) is 5.73 Å². The quantitative estimate of drug-likeness (QED) is 0.767. The van der Waals surface area contributed by atoms with Gasteiger partial charge in [-0.1, -0.05) is 19.3 Å². The summed E-state index contributed by atoms with van der Waals surface area (Å²) in [4.78, 5) is 11.7. The van der Waals surface area contributed by atoms with Gasteiger partial charge < -0.3 is 11.1 Å². The van der Waals surface area contributed by atoms with Crippen molar-refractivity contribution in [2.75, 3.05) is 6.54 Å². The van der Waals surface area contributed by atoms with Crippen molar-refractivity contribution < 1.29 is 4.79 Å². The van der Waals surface area contributed by atoms with Crippen molar-refractivity contribution in [1.29, 1.82) is 0 Å². The summed E-state index contributed by atoms with van der Waals surface area (Å²) in [6, 6.07) is 0. The van der Waals surface area contributed by atoms with E-state index in [0.717, 1.165) is 19.3 Å². The first kappa shape index (κ1) is 11.9. The highest BCUT2D eigenvalue weighted by Crippen LogP contribution is 2.29. The third-order valence-corrected chi connectivity index (χ3v) is 4.19. The van der Waals surface area contributed by atoms with Crippen LogP contribution in [0.3, 0.4) is 0 Å². The molecule has 0 heterocycles. The molecule has 0 aromatic heterocycles. The van der Waals surface area contributed by atoms with Gasteiger partial charge in [0.15, 0.2) is 0 Å². The van der Waals surface area contributed by atoms with Crippen molar-refractivity contribution in [3.63, 3.8) is 0 Å². The predicted molar refractivity (Wildman–Crippen MR) is 65.0 cm³/mol. The summed E-state index contributed by atoms with van der Waals surface area (Å²) in [5.74, 6) is 0.840. The Kier molecular flexibility index (Phi) is 3.85. The summed E-state index contributed by atoms with van der Waals surface area (Å²) in [5, 5.41) is 3.01. The standard InChI is InChI=1S/C13H24N2O/c14-13(7-4-8-13)10-15-12(16)9-11-5-2-1-3-6-11/h11H,1-10,14H2,(H,15,16). The van der Waals surface area contributed by atoms with Crippen LogP contribution in [0.4, 0.5) is 0 Å². The maximum Gasteiger partial charge on any atom is 0.220 e. The van der Waals surface area contributed by atoms with Crippen LogP contribution >= 0.6 is 0 Å². The van der Waals surface area contributed by atoms with Crippen LogP contribution in [0, 0.1) is 5.92 Å². The van der Waals surface area contributed by atoms with Crippen LogP contribution in [0.5, 0.6) is 0 Å². The molecule has 0 aromatic carbocycles. The van der Waals surface area contributed by atoms with Gasteiger partial charge in [0.05, 0.1) is 0 Å². The second-order valence-electron chi connectivity index (χ2n) is 5.70. The third-order valence-electron chi connectivity index (χ3n) is 4.19. The van der Waals surface area contributed by atoms with Gasteiger partial charge in [0.1, 0.15) is 0 Å². The highest BCUT2D eigenvalue weighted by atomic mass is 16.1. The van der Waals surface area contributed by atoms with Gasteiger partial charge in [0.25, 0.3) is 0 Å². The fraction of sp³-hybridized carbons (Fsp3) is 0.923. The molecule has 2 fully saturated rings. The summed E-state index contributed by atoms with van der Waals surface area (Å²) in [7, 11) is 0. The molecule has 0 saturated heterocycles. The van der Waals surface area contributed by atoms with E-state index in [2.05, 4.69) is 5.32 Å². The van der Waals surface area contributed by atoms with Gasteiger partial charge in [-0.2, -0.15) is 0 Å². The molecule has 0 radical (unpaired) electrons. The summed E-state index contributed by atoms with van der Waals surface area (Å²) in [6.07, 6.45) is 10.5. The first-order valence-corrected chi connectivity index (χ1v) is 6.74. The molecule has 0 aliphatic heterocycles. The Hall–Kier alpha value is -0.570. The van der Waals surface area contributed by atoms with E-state index in [-0.39, 0.29) is 11.4 Å². The normalized spacial score (nSPS) is 24.8. The monoisotopic (exact) mass is 224 g/mol. The Morgan fingerprint density at radius 3 is 2.44 bits per heavy atom. The molecule has 3 N–H and O–H groups in total. The second kappa shape index (κ2) is 5.17. The lowest BCUT2D eigenvalue weighted by molar-refractivity contribution is -0.122. The van der Waals surface area contributed by atoms with Gasteiger partial charge in [-0.15, -0.1) is 0 Å². The summed E-state index contributed by atoms with van der Waals surface area (Å²) in [5.41, 5.74) is 5.99. The van der Waals surface area contributed by atoms with Crippen LogP contribution in [0.2, 0.25) is 0 Å². The largest absolute Gasteiger partial charge is 0.354 e. The maximum atomic E-state index is 11.7. The smallest absolute Gasteiger partial charge is 0.220 e. The molecule has 0 aromatic rings. The number of hydrogen-bond donors (Lipinski definition) is 2. The van der Waals surface area contributed by atoms with Crippen LogP contribution in [-0.4, -0.2) is 18.0 Å². The van der Waals surface area contributed by atoms with Crippen LogP contribution in [0.25, 0.3) is 0 Å². The highest BCUT2D eigenvalue weighted by Gasteiger charge is 2.32. The summed E-state index contributed by atoms with van der Waals surface area (Å²) in [6.45, 7) is 0.679. The molecular formula is C13H24N2O. The molecule has 2 saturated carbocycles. The van der Waals surface area contributed by atoms with E-state index in [1.54, 1.807) is 0 Å². The molecule has 0 bridgehead atoms. The molecule has 2 aliphatic rings. The minimum atomic E-state index is -0.0811. The van der Waals surface area contributed by atoms with Crippen LogP contribution in [-0.2, 0) is 4.79 Å². The van der Waals surface area contributed by atoms with Crippen molar-refractivity contribution in [2.24, 2.45) is 11.7 Å². The second-order valence-corrected chi connectivity index (χ2v) is 5.70. The van der Waals surface area contributed by atoms with E-state index in [9.17, 15) is 4.79 Å². The third kappa shape index (κ3) is 3.21. The SMILES string of the molecule is NC1(CNC(=O)CC2CCCCC2)CCC1. The van der Waals surface area contributed by atoms with E-state index < -0.39 is 0 Å². The molecule has 2 aliphatic carbocycles. The van der Waals surface area contributed by atoms with Crippen LogP contribution in [0.1, 0.15) is 57.8 Å². The zero-order valence-electron chi connectivity index (χ0n) is 10.1. The highest BCUT2D eigenvalue weighted by molar-refractivity contribution is 5.76. The number of rotatable bonds is 4. The lowest BCUT2D eigenvalue weighted by Crippen LogP contribution is -2.55. The Morgan fingerprint density at radius 1 is 1.19 bits per heavy atom. The topological polar surface area (TPSA) is 55.1 Å². The Balaban J connectivity index is 1.63. The molecule has 0 unspecified atom stereocenters. The fourth-order valence-corrected chi connectivity index (χ4v) is 2.81. The zero-order chi connectivity index (χ0) is 11.4. The predicted octanol–water partition coefficient (Wildman–Crippen LogP) is 1.95. The van der Waals surface area contributed by atoms with E-state index in [0.29, 0.717) is 12.5 Å². The van der Waals surface area contributed by atoms with Gasteiger partial charge >= 0.3 is 0 Å². The molecule has 1 amide bonds. The molecule has 0 atom stereocenters. The maximum absolute atomic E-state index is 11.7. The van der Waals surface area contributed by atoms with Gasteiger partial charge in [-0.05, 0) is 38.0 Å². The van der Waals surface area contributed by atoms with Gasteiger partial charge in [-0.25, -0.2) is 0 Å². The average Bonchev–Trinajstić information content (AvgIpc) is 2.25. The fourth-order valence-electron chi connectivity index (χ4n) is 2.81. The van der Waals surface area contributed by atoms with Crippen molar-refractivity contribution in [1.82, 2.24) is 5.32 Å². The Morgan fingerprint density at radius 2 is 1.88 bits per heavy atom. The number of carbonyl (C=O) groups excluding carboxylic acids is 1. The van der Waals surface area contributed by atoms with Gasteiger partial charge in [0.2, 0.25) is 5.91 Å². The lowest BCUT2D eigenvalue weighted by Gasteiger charge is -2.38. The summed E-state index contributed by atoms with van der Waals surface area (Å²) < 4.78 is 0. The van der Waals surface area contributed by atoms with Gasteiger partial charge in [-0.3, -0.25) is 4.79 Å². The van der Waals surface area contributed by atoms with E-state index in [1.807, 2.05) is 0 Å². The van der Waals surface area contributed by atoms with Crippen LogP contribution in [0.15, 0.2) is 0 Å². The molecule has 16 heavy (non-hydrogen) atoms. The Bertz CT molecular complexity index is 242. The minimum absolute atomic E-state index is 0.0811. The molecule has 0 spiro atoms. The van der Waals surface area contributed by atoms with Crippen molar-refractivity contribution in [2.45, 2.75) is 63.3 Å². The van der Waals surface area contributed by atoms with Gasteiger partial charge in [0, 0.05) is 18.5 Å². The van der Waals surface area contributed by atoms with E-state index in [1.165, 1.54) is 38.5 Å². The molecule has 3 nitrogen and oxygen atoms in total. The number of hydrogen-bond acceptors (Lipinski definition) is 2. The number of nitrogens with one attached hydrogen (secondary N) is 1. The zero-order valence-corrected chi connectivity index (χ0v) is 10.1. The Labute approximate surface area is 98.2 Å². The van der Waals surface area contributed by atoms with Crippen molar-refractivity contribution in [3.05, 3.63) is 0 Å². The first-order valence-electron chi connectivity index (χ1n) is 6.74. The minimum Gasteiger partial charge on any atom is -0.354 e. The van der Waals surface area contributed by atoms with Crippen molar-refractivity contribution >= 4 is 5.91 Å². The summed E-state index contributed by atoms with van der Waals surface area (Å²) >= 11 is 0. The number of nitrogens with two attached hydrogens (primary N) is 1. The first-order chi connectivity index (χ1) is 7.68. The molecule has 3 heteroatoms. The average molecular weight is 224 g/mol. The number of carbonyl (C=O) groups is 1. The van der Waals surface area contributed by atoms with Crippen molar-refractivity contribution in [3.8, 4) is 0 Å². The van der Waals surface area contributed by atoms with Crippen LogP contribution < -0.4 is 11.1 Å². The number of amides is 1. The molecule has 92 valence electrons.